The van der Waals surface area contributed by atoms with Gasteiger partial charge in [0.15, 0.2) is 11.5 Å². The van der Waals surface area contributed by atoms with E-state index in [0.29, 0.717) is 25.1 Å². The number of rotatable bonds is 2. The van der Waals surface area contributed by atoms with Crippen molar-refractivity contribution in [3.05, 3.63) is 23.8 Å². The molecule has 1 aliphatic heterocycles. The monoisotopic (exact) mass is 278 g/mol. The van der Waals surface area contributed by atoms with Crippen molar-refractivity contribution in [1.29, 1.82) is 0 Å². The number of benzene rings is 1. The van der Waals surface area contributed by atoms with Crippen LogP contribution in [0.4, 0.5) is 0 Å². The lowest BCUT2D eigenvalue weighted by atomic mass is 9.89. The fourth-order valence-corrected chi connectivity index (χ4v) is 2.46. The SMILES string of the molecule is CNC(=O)C1(C)CCN(C(=O)c2ccc(O)c(O)c2)C1. The van der Waals surface area contributed by atoms with E-state index in [-0.39, 0.29) is 23.3 Å². The van der Waals surface area contributed by atoms with Gasteiger partial charge in [0.05, 0.1) is 5.41 Å². The number of phenolic OH excluding ortho intramolecular Hbond substituents is 2. The second-order valence-electron chi connectivity index (χ2n) is 5.32. The van der Waals surface area contributed by atoms with Gasteiger partial charge >= 0.3 is 0 Å². The van der Waals surface area contributed by atoms with E-state index in [1.807, 2.05) is 6.92 Å². The van der Waals surface area contributed by atoms with Gasteiger partial charge in [-0.25, -0.2) is 0 Å². The molecule has 1 saturated heterocycles. The summed E-state index contributed by atoms with van der Waals surface area (Å²) in [5.74, 6) is -0.934. The van der Waals surface area contributed by atoms with Gasteiger partial charge in [-0.05, 0) is 31.5 Å². The first kappa shape index (κ1) is 14.2. The maximum atomic E-state index is 12.3. The van der Waals surface area contributed by atoms with Crippen molar-refractivity contribution in [2.75, 3.05) is 20.1 Å². The molecular weight excluding hydrogens is 260 g/mol. The molecule has 1 aromatic rings. The number of aromatic hydroxyl groups is 2. The second kappa shape index (κ2) is 5.03. The highest BCUT2D eigenvalue weighted by atomic mass is 16.3. The van der Waals surface area contributed by atoms with Crippen LogP contribution in [0.2, 0.25) is 0 Å². The van der Waals surface area contributed by atoms with Crippen LogP contribution >= 0.6 is 0 Å². The largest absolute Gasteiger partial charge is 0.504 e. The van der Waals surface area contributed by atoms with Crippen LogP contribution in [0, 0.1) is 5.41 Å². The minimum absolute atomic E-state index is 0.0821. The molecule has 0 saturated carbocycles. The zero-order chi connectivity index (χ0) is 14.9. The van der Waals surface area contributed by atoms with Crippen molar-refractivity contribution >= 4 is 11.8 Å². The van der Waals surface area contributed by atoms with E-state index < -0.39 is 5.41 Å². The van der Waals surface area contributed by atoms with Crippen LogP contribution in [-0.4, -0.2) is 47.1 Å². The van der Waals surface area contributed by atoms with Crippen LogP contribution in [0.25, 0.3) is 0 Å². The maximum Gasteiger partial charge on any atom is 0.254 e. The molecule has 0 spiro atoms. The standard InChI is InChI=1S/C14H18N2O4/c1-14(13(20)15-2)5-6-16(8-14)12(19)9-3-4-10(17)11(18)7-9/h3-4,7,17-18H,5-6,8H2,1-2H3,(H,15,20). The fraction of sp³-hybridized carbons (Fsp3) is 0.429. The molecule has 6 heteroatoms. The molecule has 1 atom stereocenters. The summed E-state index contributed by atoms with van der Waals surface area (Å²) in [5.41, 5.74) is -0.287. The number of carbonyl (C=O) groups is 2. The molecule has 0 aromatic heterocycles. The molecule has 6 nitrogen and oxygen atoms in total. The number of amides is 2. The molecule has 1 fully saturated rings. The third kappa shape index (κ3) is 2.41. The third-order valence-corrected chi connectivity index (χ3v) is 3.76. The average Bonchev–Trinajstić information content (AvgIpc) is 2.84. The summed E-state index contributed by atoms with van der Waals surface area (Å²) in [5, 5.41) is 21.3. The predicted octanol–water partition coefficient (Wildman–Crippen LogP) is 0.696. The summed E-state index contributed by atoms with van der Waals surface area (Å²) in [6.45, 7) is 2.66. The fourth-order valence-electron chi connectivity index (χ4n) is 2.46. The van der Waals surface area contributed by atoms with Crippen molar-refractivity contribution in [2.24, 2.45) is 5.41 Å². The first-order valence-corrected chi connectivity index (χ1v) is 6.41. The summed E-state index contributed by atoms with van der Waals surface area (Å²) >= 11 is 0. The number of carbonyl (C=O) groups excluding carboxylic acids is 2. The van der Waals surface area contributed by atoms with E-state index in [9.17, 15) is 19.8 Å². The van der Waals surface area contributed by atoms with Crippen molar-refractivity contribution in [2.45, 2.75) is 13.3 Å². The van der Waals surface area contributed by atoms with E-state index in [1.54, 1.807) is 11.9 Å². The Kier molecular flexibility index (Phi) is 3.57. The zero-order valence-electron chi connectivity index (χ0n) is 11.5. The Hall–Kier alpha value is -2.24. The molecule has 1 heterocycles. The number of nitrogens with zero attached hydrogens (tertiary/aromatic N) is 1. The number of hydrogen-bond donors (Lipinski definition) is 3. The number of nitrogens with one attached hydrogen (secondary N) is 1. The molecule has 1 unspecified atom stereocenters. The Morgan fingerprint density at radius 2 is 2.00 bits per heavy atom. The van der Waals surface area contributed by atoms with Crippen LogP contribution in [0.15, 0.2) is 18.2 Å². The van der Waals surface area contributed by atoms with Crippen LogP contribution in [0.5, 0.6) is 11.5 Å². The smallest absolute Gasteiger partial charge is 0.254 e. The molecule has 2 amide bonds. The van der Waals surface area contributed by atoms with E-state index in [4.69, 9.17) is 0 Å². The molecule has 20 heavy (non-hydrogen) atoms. The molecule has 1 aromatic carbocycles. The number of hydrogen-bond acceptors (Lipinski definition) is 4. The number of phenols is 2. The summed E-state index contributed by atoms with van der Waals surface area (Å²) in [6, 6.07) is 3.96. The Labute approximate surface area is 117 Å². The topological polar surface area (TPSA) is 89.9 Å². The van der Waals surface area contributed by atoms with Gasteiger partial charge in [-0.2, -0.15) is 0 Å². The highest BCUT2D eigenvalue weighted by Gasteiger charge is 2.41. The zero-order valence-corrected chi connectivity index (χ0v) is 11.5. The van der Waals surface area contributed by atoms with E-state index in [1.165, 1.54) is 18.2 Å². The first-order valence-electron chi connectivity index (χ1n) is 6.41. The summed E-state index contributed by atoms with van der Waals surface area (Å²) in [6.07, 6.45) is 0.600. The van der Waals surface area contributed by atoms with Crippen molar-refractivity contribution in [1.82, 2.24) is 10.2 Å². The Balaban J connectivity index is 2.15. The lowest BCUT2D eigenvalue weighted by Gasteiger charge is -2.22. The van der Waals surface area contributed by atoms with Gasteiger partial charge in [-0.1, -0.05) is 0 Å². The highest BCUT2D eigenvalue weighted by Crippen LogP contribution is 2.32. The Morgan fingerprint density at radius 3 is 2.60 bits per heavy atom. The van der Waals surface area contributed by atoms with Gasteiger partial charge in [0.25, 0.3) is 5.91 Å². The number of likely N-dealkylation sites (tertiary alicyclic amines) is 1. The Morgan fingerprint density at radius 1 is 1.30 bits per heavy atom. The molecule has 0 bridgehead atoms. The molecular formula is C14H18N2O4. The maximum absolute atomic E-state index is 12.3. The van der Waals surface area contributed by atoms with Crippen LogP contribution in [0.1, 0.15) is 23.7 Å². The summed E-state index contributed by atoms with van der Waals surface area (Å²) in [7, 11) is 1.58. The molecule has 108 valence electrons. The quantitative estimate of drug-likeness (QED) is 0.694. The summed E-state index contributed by atoms with van der Waals surface area (Å²) in [4.78, 5) is 25.7. The first-order chi connectivity index (χ1) is 9.37. The summed E-state index contributed by atoms with van der Waals surface area (Å²) < 4.78 is 0. The van der Waals surface area contributed by atoms with Gasteiger partial charge in [-0.15, -0.1) is 0 Å². The predicted molar refractivity (Wildman–Crippen MR) is 72.5 cm³/mol. The second-order valence-corrected chi connectivity index (χ2v) is 5.32. The van der Waals surface area contributed by atoms with E-state index in [0.717, 1.165) is 0 Å². The normalized spacial score (nSPS) is 21.8. The van der Waals surface area contributed by atoms with Gasteiger partial charge in [-0.3, -0.25) is 9.59 Å². The average molecular weight is 278 g/mol. The highest BCUT2D eigenvalue weighted by molar-refractivity contribution is 5.96. The van der Waals surface area contributed by atoms with Crippen LogP contribution in [-0.2, 0) is 4.79 Å². The molecule has 2 rings (SSSR count). The van der Waals surface area contributed by atoms with Crippen molar-refractivity contribution in [3.8, 4) is 11.5 Å². The minimum Gasteiger partial charge on any atom is -0.504 e. The lowest BCUT2D eigenvalue weighted by molar-refractivity contribution is -0.128. The molecule has 0 radical (unpaired) electrons. The van der Waals surface area contributed by atoms with E-state index in [2.05, 4.69) is 5.32 Å². The van der Waals surface area contributed by atoms with Crippen LogP contribution in [0.3, 0.4) is 0 Å². The van der Waals surface area contributed by atoms with Crippen LogP contribution < -0.4 is 5.32 Å². The molecule has 1 aliphatic rings. The minimum atomic E-state index is -0.580. The van der Waals surface area contributed by atoms with Crippen molar-refractivity contribution < 1.29 is 19.8 Å². The van der Waals surface area contributed by atoms with Crippen molar-refractivity contribution in [3.63, 3.8) is 0 Å². The van der Waals surface area contributed by atoms with E-state index >= 15 is 0 Å². The lowest BCUT2D eigenvalue weighted by Crippen LogP contribution is -2.40. The molecule has 0 aliphatic carbocycles. The molecule has 3 N–H and O–H groups in total. The van der Waals surface area contributed by atoms with Gasteiger partial charge in [0.1, 0.15) is 0 Å². The van der Waals surface area contributed by atoms with Gasteiger partial charge in [0, 0.05) is 25.7 Å². The Bertz CT molecular complexity index is 558. The van der Waals surface area contributed by atoms with Gasteiger partial charge in [0.2, 0.25) is 5.91 Å². The third-order valence-electron chi connectivity index (χ3n) is 3.76. The van der Waals surface area contributed by atoms with Gasteiger partial charge < -0.3 is 20.4 Å².